The summed E-state index contributed by atoms with van der Waals surface area (Å²) in [6.07, 6.45) is 0. The standard InChI is InChI=1S/C15H18BrN3OS/c1-9(2)17-8-11-4-5-13(12(16)7-11)21-15-18-10(3)6-14(20)19-15/h4-7,9,17H,8H2,1-3H3,(H,18,19,20). The number of aromatic nitrogens is 2. The summed E-state index contributed by atoms with van der Waals surface area (Å²) in [5, 5.41) is 3.99. The normalized spacial score (nSPS) is 11.1. The van der Waals surface area contributed by atoms with Gasteiger partial charge < -0.3 is 10.3 Å². The van der Waals surface area contributed by atoms with E-state index < -0.39 is 0 Å². The first-order chi connectivity index (χ1) is 9.94. The summed E-state index contributed by atoms with van der Waals surface area (Å²) in [4.78, 5) is 19.6. The first-order valence-electron chi connectivity index (χ1n) is 6.71. The van der Waals surface area contributed by atoms with Gasteiger partial charge in [0.05, 0.1) is 0 Å². The monoisotopic (exact) mass is 367 g/mol. The second kappa shape index (κ2) is 7.24. The molecule has 1 heterocycles. The van der Waals surface area contributed by atoms with E-state index in [1.54, 1.807) is 0 Å². The molecule has 0 saturated heterocycles. The highest BCUT2D eigenvalue weighted by Crippen LogP contribution is 2.31. The van der Waals surface area contributed by atoms with Gasteiger partial charge in [0.15, 0.2) is 5.16 Å². The van der Waals surface area contributed by atoms with E-state index in [-0.39, 0.29) is 5.56 Å². The third-order valence-electron chi connectivity index (χ3n) is 2.77. The molecule has 2 N–H and O–H groups in total. The lowest BCUT2D eigenvalue weighted by Crippen LogP contribution is -2.21. The molecule has 0 aliphatic rings. The highest BCUT2D eigenvalue weighted by Gasteiger charge is 2.07. The lowest BCUT2D eigenvalue weighted by atomic mass is 10.2. The minimum atomic E-state index is -0.126. The zero-order valence-electron chi connectivity index (χ0n) is 12.2. The van der Waals surface area contributed by atoms with Crippen LogP contribution in [0.1, 0.15) is 25.1 Å². The average molecular weight is 368 g/mol. The highest BCUT2D eigenvalue weighted by molar-refractivity contribution is 9.10. The number of H-pyrrole nitrogens is 1. The SMILES string of the molecule is Cc1cc(=O)[nH]c(Sc2ccc(CNC(C)C)cc2Br)n1. The van der Waals surface area contributed by atoms with Gasteiger partial charge in [-0.05, 0) is 40.5 Å². The van der Waals surface area contributed by atoms with Crippen LogP contribution in [-0.2, 0) is 6.54 Å². The highest BCUT2D eigenvalue weighted by atomic mass is 79.9. The van der Waals surface area contributed by atoms with E-state index in [1.165, 1.54) is 23.4 Å². The van der Waals surface area contributed by atoms with Crippen molar-refractivity contribution in [1.82, 2.24) is 15.3 Å². The van der Waals surface area contributed by atoms with Gasteiger partial charge in [-0.25, -0.2) is 4.98 Å². The molecule has 21 heavy (non-hydrogen) atoms. The Morgan fingerprint density at radius 2 is 2.14 bits per heavy atom. The number of rotatable bonds is 5. The van der Waals surface area contributed by atoms with Gasteiger partial charge in [-0.1, -0.05) is 31.7 Å². The molecule has 0 unspecified atom stereocenters. The molecule has 4 nitrogen and oxygen atoms in total. The van der Waals surface area contributed by atoms with Crippen LogP contribution in [0.2, 0.25) is 0 Å². The second-order valence-electron chi connectivity index (χ2n) is 5.09. The van der Waals surface area contributed by atoms with Crippen LogP contribution in [-0.4, -0.2) is 16.0 Å². The number of nitrogens with zero attached hydrogens (tertiary/aromatic N) is 1. The molecule has 1 aromatic heterocycles. The summed E-state index contributed by atoms with van der Waals surface area (Å²) < 4.78 is 1.000. The molecule has 2 aromatic rings. The zero-order chi connectivity index (χ0) is 15.4. The van der Waals surface area contributed by atoms with Crippen molar-refractivity contribution < 1.29 is 0 Å². The molecular formula is C15H18BrN3OS. The van der Waals surface area contributed by atoms with Crippen molar-refractivity contribution >= 4 is 27.7 Å². The van der Waals surface area contributed by atoms with Crippen molar-refractivity contribution in [2.45, 2.75) is 43.4 Å². The van der Waals surface area contributed by atoms with Gasteiger partial charge in [-0.15, -0.1) is 0 Å². The maximum atomic E-state index is 11.5. The topological polar surface area (TPSA) is 57.8 Å². The second-order valence-corrected chi connectivity index (χ2v) is 6.98. The summed E-state index contributed by atoms with van der Waals surface area (Å²) in [5.74, 6) is 0. The summed E-state index contributed by atoms with van der Waals surface area (Å²) in [7, 11) is 0. The molecule has 0 spiro atoms. The third kappa shape index (κ3) is 4.98. The van der Waals surface area contributed by atoms with E-state index in [0.717, 1.165) is 21.6 Å². The Balaban J connectivity index is 2.15. The predicted octanol–water partition coefficient (Wildman–Crippen LogP) is 3.49. The van der Waals surface area contributed by atoms with Crippen molar-refractivity contribution in [3.8, 4) is 0 Å². The lowest BCUT2D eigenvalue weighted by molar-refractivity contribution is 0.588. The molecule has 0 fully saturated rings. The van der Waals surface area contributed by atoms with Crippen LogP contribution in [0.3, 0.4) is 0 Å². The van der Waals surface area contributed by atoms with Crippen LogP contribution in [0, 0.1) is 6.92 Å². The number of halogens is 1. The summed E-state index contributed by atoms with van der Waals surface area (Å²) >= 11 is 5.02. The van der Waals surface area contributed by atoms with Gasteiger partial charge in [-0.2, -0.15) is 0 Å². The Hall–Kier alpha value is -1.11. The van der Waals surface area contributed by atoms with Crippen LogP contribution < -0.4 is 10.9 Å². The Bertz CT molecular complexity index is 685. The Morgan fingerprint density at radius 3 is 2.76 bits per heavy atom. The largest absolute Gasteiger partial charge is 0.310 e. The fourth-order valence-corrected chi connectivity index (χ4v) is 3.27. The van der Waals surface area contributed by atoms with E-state index in [2.05, 4.69) is 57.2 Å². The van der Waals surface area contributed by atoms with Gasteiger partial charge in [0.2, 0.25) is 0 Å². The van der Waals surface area contributed by atoms with Crippen LogP contribution in [0.5, 0.6) is 0 Å². The van der Waals surface area contributed by atoms with E-state index >= 15 is 0 Å². The summed E-state index contributed by atoms with van der Waals surface area (Å²) in [6.45, 7) is 6.90. The molecule has 0 amide bonds. The fourth-order valence-electron chi connectivity index (χ4n) is 1.76. The molecule has 0 radical (unpaired) electrons. The fraction of sp³-hybridized carbons (Fsp3) is 0.333. The zero-order valence-corrected chi connectivity index (χ0v) is 14.6. The van der Waals surface area contributed by atoms with Crippen LogP contribution in [0.25, 0.3) is 0 Å². The maximum Gasteiger partial charge on any atom is 0.251 e. The Morgan fingerprint density at radius 1 is 1.38 bits per heavy atom. The van der Waals surface area contributed by atoms with Gasteiger partial charge >= 0.3 is 0 Å². The van der Waals surface area contributed by atoms with Gasteiger partial charge in [0, 0.05) is 33.7 Å². The van der Waals surface area contributed by atoms with Crippen molar-refractivity contribution in [3.05, 3.63) is 50.3 Å². The maximum absolute atomic E-state index is 11.5. The third-order valence-corrected chi connectivity index (χ3v) is 4.65. The van der Waals surface area contributed by atoms with Gasteiger partial charge in [0.1, 0.15) is 0 Å². The lowest BCUT2D eigenvalue weighted by Gasteiger charge is -2.10. The Labute approximate surface area is 136 Å². The van der Waals surface area contributed by atoms with Gasteiger partial charge in [0.25, 0.3) is 5.56 Å². The van der Waals surface area contributed by atoms with Crippen molar-refractivity contribution in [2.75, 3.05) is 0 Å². The number of hydrogen-bond acceptors (Lipinski definition) is 4. The first kappa shape index (κ1) is 16.3. The minimum absolute atomic E-state index is 0.126. The molecule has 0 atom stereocenters. The van der Waals surface area contributed by atoms with Crippen LogP contribution in [0.15, 0.2) is 43.6 Å². The van der Waals surface area contributed by atoms with Crippen molar-refractivity contribution in [2.24, 2.45) is 0 Å². The molecule has 1 aromatic carbocycles. The average Bonchev–Trinajstić information content (AvgIpc) is 2.38. The number of hydrogen-bond donors (Lipinski definition) is 2. The Kier molecular flexibility index (Phi) is 5.61. The summed E-state index contributed by atoms with van der Waals surface area (Å²) in [5.41, 5.74) is 1.81. The summed E-state index contributed by atoms with van der Waals surface area (Å²) in [6, 6.07) is 8.15. The number of nitrogens with one attached hydrogen (secondary N) is 2. The molecular weight excluding hydrogens is 350 g/mol. The number of aromatic amines is 1. The van der Waals surface area contributed by atoms with Crippen molar-refractivity contribution in [3.63, 3.8) is 0 Å². The molecule has 112 valence electrons. The minimum Gasteiger partial charge on any atom is -0.310 e. The van der Waals surface area contributed by atoms with E-state index in [1.807, 2.05) is 13.0 Å². The molecule has 0 aliphatic carbocycles. The molecule has 0 bridgehead atoms. The van der Waals surface area contributed by atoms with Crippen LogP contribution >= 0.6 is 27.7 Å². The predicted molar refractivity (Wildman–Crippen MR) is 89.8 cm³/mol. The number of aryl methyl sites for hydroxylation is 1. The molecule has 0 saturated carbocycles. The quantitative estimate of drug-likeness (QED) is 0.794. The smallest absolute Gasteiger partial charge is 0.251 e. The molecule has 2 rings (SSSR count). The first-order valence-corrected chi connectivity index (χ1v) is 8.32. The van der Waals surface area contributed by atoms with Gasteiger partial charge in [-0.3, -0.25) is 4.79 Å². The number of benzene rings is 1. The van der Waals surface area contributed by atoms with E-state index in [0.29, 0.717) is 11.2 Å². The van der Waals surface area contributed by atoms with Crippen LogP contribution in [0.4, 0.5) is 0 Å². The van der Waals surface area contributed by atoms with E-state index in [4.69, 9.17) is 0 Å². The van der Waals surface area contributed by atoms with Crippen molar-refractivity contribution in [1.29, 1.82) is 0 Å². The van der Waals surface area contributed by atoms with E-state index in [9.17, 15) is 4.79 Å². The molecule has 0 aliphatic heterocycles. The molecule has 6 heteroatoms.